The van der Waals surface area contributed by atoms with E-state index >= 15 is 0 Å². The number of fused-ring (bicyclic) bond motifs is 1. The molecule has 4 aromatic rings. The molecule has 0 unspecified atom stereocenters. The summed E-state index contributed by atoms with van der Waals surface area (Å²) in [7, 11) is 0. The van der Waals surface area contributed by atoms with E-state index in [1.54, 1.807) is 36.4 Å². The van der Waals surface area contributed by atoms with Crippen LogP contribution in [0.5, 0.6) is 0 Å². The monoisotopic (exact) mass is 436 g/mol. The number of rotatable bonds is 3. The minimum atomic E-state index is -0.395. The van der Waals surface area contributed by atoms with Gasteiger partial charge in [-0.25, -0.2) is 4.98 Å². The molecule has 0 spiro atoms. The molecular weight excluding hydrogens is 427 g/mol. The van der Waals surface area contributed by atoms with Crippen LogP contribution in [0.25, 0.3) is 21.5 Å². The lowest BCUT2D eigenvalue weighted by Gasteiger charge is -2.01. The van der Waals surface area contributed by atoms with E-state index in [2.05, 4.69) is 10.3 Å². The summed E-state index contributed by atoms with van der Waals surface area (Å²) >= 11 is 19.6. The SMILES string of the molecule is Cc1cc2sc(NC(=O)c3ccc(-c4ccc(Cl)cc4Cl)o3)nc2cc1Cl. The van der Waals surface area contributed by atoms with Crippen LogP contribution >= 0.6 is 46.1 Å². The molecule has 0 aliphatic carbocycles. The highest BCUT2D eigenvalue weighted by atomic mass is 35.5. The van der Waals surface area contributed by atoms with Gasteiger partial charge in [-0.15, -0.1) is 0 Å². The number of halogens is 3. The second kappa shape index (κ2) is 7.17. The van der Waals surface area contributed by atoms with Crippen molar-refractivity contribution < 1.29 is 9.21 Å². The molecule has 1 amide bonds. The lowest BCUT2D eigenvalue weighted by molar-refractivity contribution is 0.0997. The van der Waals surface area contributed by atoms with Gasteiger partial charge in [-0.3, -0.25) is 10.1 Å². The Morgan fingerprint density at radius 2 is 1.89 bits per heavy atom. The van der Waals surface area contributed by atoms with Crippen LogP contribution in [0.1, 0.15) is 16.1 Å². The Hall–Kier alpha value is -2.05. The first-order valence-corrected chi connectivity index (χ1v) is 9.79. The van der Waals surface area contributed by atoms with Gasteiger partial charge in [0.05, 0.1) is 15.2 Å². The minimum absolute atomic E-state index is 0.157. The van der Waals surface area contributed by atoms with Gasteiger partial charge in [0.25, 0.3) is 5.91 Å². The van der Waals surface area contributed by atoms with Crippen molar-refractivity contribution in [3.63, 3.8) is 0 Å². The molecule has 2 heterocycles. The fraction of sp³-hybridized carbons (Fsp3) is 0.0526. The van der Waals surface area contributed by atoms with Crippen LogP contribution in [0.3, 0.4) is 0 Å². The molecule has 136 valence electrons. The number of carbonyl (C=O) groups excluding carboxylic acids is 1. The molecule has 0 saturated carbocycles. The maximum Gasteiger partial charge on any atom is 0.293 e. The van der Waals surface area contributed by atoms with Crippen molar-refractivity contribution in [1.82, 2.24) is 4.98 Å². The largest absolute Gasteiger partial charge is 0.451 e. The predicted molar refractivity (Wildman–Crippen MR) is 111 cm³/mol. The first-order chi connectivity index (χ1) is 12.9. The highest BCUT2D eigenvalue weighted by Crippen LogP contribution is 2.33. The van der Waals surface area contributed by atoms with Crippen LogP contribution in [0.15, 0.2) is 46.9 Å². The van der Waals surface area contributed by atoms with Gasteiger partial charge in [0.2, 0.25) is 0 Å². The van der Waals surface area contributed by atoms with E-state index in [1.165, 1.54) is 11.3 Å². The van der Waals surface area contributed by atoms with E-state index in [0.717, 1.165) is 15.8 Å². The third-order valence-electron chi connectivity index (χ3n) is 3.92. The maximum atomic E-state index is 12.5. The minimum Gasteiger partial charge on any atom is -0.451 e. The summed E-state index contributed by atoms with van der Waals surface area (Å²) in [5, 5.41) is 4.84. The Balaban J connectivity index is 1.58. The number of benzene rings is 2. The van der Waals surface area contributed by atoms with Crippen LogP contribution in [0.2, 0.25) is 15.1 Å². The van der Waals surface area contributed by atoms with Gasteiger partial charge in [-0.2, -0.15) is 0 Å². The van der Waals surface area contributed by atoms with E-state index in [9.17, 15) is 4.79 Å². The smallest absolute Gasteiger partial charge is 0.293 e. The fourth-order valence-electron chi connectivity index (χ4n) is 2.56. The molecule has 0 aliphatic heterocycles. The molecule has 0 radical (unpaired) electrons. The fourth-order valence-corrected chi connectivity index (χ4v) is 4.16. The number of thiazole rings is 1. The summed E-state index contributed by atoms with van der Waals surface area (Å²) in [4.78, 5) is 16.9. The summed E-state index contributed by atoms with van der Waals surface area (Å²) < 4.78 is 6.60. The summed E-state index contributed by atoms with van der Waals surface area (Å²) in [6.07, 6.45) is 0. The molecule has 0 atom stereocenters. The molecule has 4 nitrogen and oxygen atoms in total. The molecule has 2 aromatic carbocycles. The number of anilines is 1. The zero-order valence-electron chi connectivity index (χ0n) is 13.8. The first kappa shape index (κ1) is 18.3. The zero-order chi connectivity index (χ0) is 19.1. The van der Waals surface area contributed by atoms with E-state index in [-0.39, 0.29) is 5.76 Å². The second-order valence-corrected chi connectivity index (χ2v) is 8.11. The van der Waals surface area contributed by atoms with Gasteiger partial charge in [-0.1, -0.05) is 46.1 Å². The van der Waals surface area contributed by atoms with E-state index < -0.39 is 5.91 Å². The molecule has 0 fully saturated rings. The third kappa shape index (κ3) is 3.69. The van der Waals surface area contributed by atoms with Crippen LogP contribution in [-0.4, -0.2) is 10.9 Å². The standard InChI is InChI=1S/C19H11Cl3N2O2S/c1-9-6-17-14(8-12(9)21)23-19(27-17)24-18(25)16-5-4-15(26-16)11-3-2-10(20)7-13(11)22/h2-8H,1H3,(H,23,24,25). The van der Waals surface area contributed by atoms with Crippen molar-refractivity contribution in [1.29, 1.82) is 0 Å². The average Bonchev–Trinajstić information content (AvgIpc) is 3.22. The van der Waals surface area contributed by atoms with Gasteiger partial charge in [-0.05, 0) is 55.0 Å². The van der Waals surface area contributed by atoms with Gasteiger partial charge in [0.1, 0.15) is 5.76 Å². The number of aryl methyl sites for hydroxylation is 1. The summed E-state index contributed by atoms with van der Waals surface area (Å²) in [6, 6.07) is 12.1. The normalized spacial score (nSPS) is 11.1. The van der Waals surface area contributed by atoms with Crippen molar-refractivity contribution in [2.45, 2.75) is 6.92 Å². The van der Waals surface area contributed by atoms with Crippen LogP contribution in [0.4, 0.5) is 5.13 Å². The summed E-state index contributed by atoms with van der Waals surface area (Å²) in [5.74, 6) is 0.242. The third-order valence-corrected chi connectivity index (χ3v) is 5.80. The van der Waals surface area contributed by atoms with Gasteiger partial charge >= 0.3 is 0 Å². The number of carbonyl (C=O) groups is 1. The van der Waals surface area contributed by atoms with E-state index in [0.29, 0.717) is 31.5 Å². The molecule has 27 heavy (non-hydrogen) atoms. The zero-order valence-corrected chi connectivity index (χ0v) is 16.9. The lowest BCUT2D eigenvalue weighted by atomic mass is 10.2. The average molecular weight is 438 g/mol. The van der Waals surface area contributed by atoms with Crippen molar-refractivity contribution >= 4 is 67.4 Å². The van der Waals surface area contributed by atoms with E-state index in [1.807, 2.05) is 13.0 Å². The van der Waals surface area contributed by atoms with Crippen molar-refractivity contribution in [3.8, 4) is 11.3 Å². The number of nitrogens with zero attached hydrogens (tertiary/aromatic N) is 1. The second-order valence-electron chi connectivity index (χ2n) is 5.83. The van der Waals surface area contributed by atoms with Crippen LogP contribution < -0.4 is 5.32 Å². The lowest BCUT2D eigenvalue weighted by Crippen LogP contribution is -2.10. The molecule has 4 rings (SSSR count). The van der Waals surface area contributed by atoms with Crippen molar-refractivity contribution in [3.05, 3.63) is 68.9 Å². The molecule has 0 saturated heterocycles. The molecule has 0 aliphatic rings. The van der Waals surface area contributed by atoms with Crippen molar-refractivity contribution in [2.75, 3.05) is 5.32 Å². The Morgan fingerprint density at radius 3 is 2.67 bits per heavy atom. The quantitative estimate of drug-likeness (QED) is 0.372. The van der Waals surface area contributed by atoms with Gasteiger partial charge in [0.15, 0.2) is 10.9 Å². The number of hydrogen-bond donors (Lipinski definition) is 1. The Kier molecular flexibility index (Phi) is 4.86. The topological polar surface area (TPSA) is 55.1 Å². The van der Waals surface area contributed by atoms with Crippen LogP contribution in [0, 0.1) is 6.92 Å². The number of nitrogens with one attached hydrogen (secondary N) is 1. The number of amides is 1. The van der Waals surface area contributed by atoms with Gasteiger partial charge < -0.3 is 4.42 Å². The molecule has 2 aromatic heterocycles. The van der Waals surface area contributed by atoms with Gasteiger partial charge in [0, 0.05) is 15.6 Å². The Labute approximate surface area is 173 Å². The number of furan rings is 1. The Morgan fingerprint density at radius 1 is 1.07 bits per heavy atom. The summed E-state index contributed by atoms with van der Waals surface area (Å²) in [5.41, 5.74) is 2.35. The van der Waals surface area contributed by atoms with Crippen molar-refractivity contribution in [2.24, 2.45) is 0 Å². The molecule has 1 N–H and O–H groups in total. The van der Waals surface area contributed by atoms with Crippen LogP contribution in [-0.2, 0) is 0 Å². The highest BCUT2D eigenvalue weighted by Gasteiger charge is 2.16. The predicted octanol–water partition coefficient (Wildman–Crippen LogP) is 7.08. The molecule has 0 bridgehead atoms. The maximum absolute atomic E-state index is 12.5. The van der Waals surface area contributed by atoms with E-state index in [4.69, 9.17) is 39.2 Å². The molecule has 8 heteroatoms. The highest BCUT2D eigenvalue weighted by molar-refractivity contribution is 7.22. The first-order valence-electron chi connectivity index (χ1n) is 7.84. The number of hydrogen-bond acceptors (Lipinski definition) is 4. The molecular formula is C19H11Cl3N2O2S. The summed E-state index contributed by atoms with van der Waals surface area (Å²) in [6.45, 7) is 1.92. The Bertz CT molecular complexity index is 1140. The number of aromatic nitrogens is 1.